The van der Waals surface area contributed by atoms with Gasteiger partial charge in [-0.15, -0.1) is 0 Å². The average molecular weight is 588 g/mol. The summed E-state index contributed by atoms with van der Waals surface area (Å²) in [6.07, 6.45) is 10.9. The molecule has 3 aliphatic heterocycles. The molecule has 3 saturated heterocycles. The zero-order chi connectivity index (χ0) is 30.4. The monoisotopic (exact) mass is 587 g/mol. The van der Waals surface area contributed by atoms with Gasteiger partial charge >= 0.3 is 0 Å². The first-order valence-electron chi connectivity index (χ1n) is 15.8. The van der Waals surface area contributed by atoms with E-state index in [1.54, 1.807) is 34.1 Å². The van der Waals surface area contributed by atoms with Crippen molar-refractivity contribution in [1.29, 1.82) is 0 Å². The van der Waals surface area contributed by atoms with E-state index in [1.807, 2.05) is 38.7 Å². The number of fused-ring (bicyclic) bond motifs is 4. The van der Waals surface area contributed by atoms with Crippen LogP contribution in [0.2, 0.25) is 0 Å². The smallest absolute Gasteiger partial charge is 0.256 e. The van der Waals surface area contributed by atoms with Crippen LogP contribution in [-0.2, 0) is 4.79 Å². The fourth-order valence-corrected chi connectivity index (χ4v) is 7.62. The van der Waals surface area contributed by atoms with Crippen molar-refractivity contribution in [1.82, 2.24) is 24.7 Å². The first kappa shape index (κ1) is 29.5. The Bertz CT molecular complexity index is 1520. The van der Waals surface area contributed by atoms with E-state index >= 15 is 0 Å². The SMILES string of the molecule is CC(C)N(C(=O)c1cc(F)ccc1-n1cc(C(=O)C2CCN(C(=O)[C@H]3NC4CCC3CC4)CC2)c2ccncc21)C(C)C. The van der Waals surface area contributed by atoms with Crippen molar-refractivity contribution in [2.75, 3.05) is 13.1 Å². The summed E-state index contributed by atoms with van der Waals surface area (Å²) in [4.78, 5) is 49.1. The summed E-state index contributed by atoms with van der Waals surface area (Å²) in [5.74, 6) is -0.336. The minimum atomic E-state index is -0.497. The number of carbonyl (C=O) groups excluding carboxylic acids is 3. The zero-order valence-electron chi connectivity index (χ0n) is 25.6. The number of hydrogen-bond acceptors (Lipinski definition) is 5. The number of nitrogens with one attached hydrogen (secondary N) is 1. The molecule has 43 heavy (non-hydrogen) atoms. The molecule has 228 valence electrons. The Labute approximate surface area is 252 Å². The number of likely N-dealkylation sites (tertiary alicyclic amines) is 1. The van der Waals surface area contributed by atoms with E-state index in [1.165, 1.54) is 12.1 Å². The van der Waals surface area contributed by atoms with Gasteiger partial charge in [-0.2, -0.15) is 0 Å². The minimum Gasteiger partial charge on any atom is -0.341 e. The van der Waals surface area contributed by atoms with Gasteiger partial charge in [-0.05, 0) is 96.4 Å². The molecule has 2 aromatic heterocycles. The Balaban J connectivity index is 1.26. The molecule has 3 aromatic rings. The van der Waals surface area contributed by atoms with E-state index in [0.717, 1.165) is 31.1 Å². The summed E-state index contributed by atoms with van der Waals surface area (Å²) < 4.78 is 16.3. The number of aromatic nitrogens is 2. The number of benzene rings is 1. The number of Topliss-reactive ketones (excluding diaryl/α,β-unsaturated/α-hetero) is 1. The van der Waals surface area contributed by atoms with Crippen molar-refractivity contribution in [3.63, 3.8) is 0 Å². The highest BCUT2D eigenvalue weighted by atomic mass is 19.1. The van der Waals surface area contributed by atoms with Crippen LogP contribution in [0.5, 0.6) is 0 Å². The lowest BCUT2D eigenvalue weighted by Gasteiger charge is -2.45. The van der Waals surface area contributed by atoms with Crippen molar-refractivity contribution < 1.29 is 18.8 Å². The predicted molar refractivity (Wildman–Crippen MR) is 164 cm³/mol. The molecular formula is C34H42FN5O3. The van der Waals surface area contributed by atoms with Crippen molar-refractivity contribution in [3.05, 3.63) is 59.8 Å². The second-order valence-electron chi connectivity index (χ2n) is 13.1. The molecule has 8 nitrogen and oxygen atoms in total. The third-order valence-corrected chi connectivity index (χ3v) is 9.77. The molecule has 2 bridgehead atoms. The number of piperidine rings is 3. The van der Waals surface area contributed by atoms with E-state index in [-0.39, 0.29) is 47.2 Å². The average Bonchev–Trinajstić information content (AvgIpc) is 3.40. The highest BCUT2D eigenvalue weighted by Gasteiger charge is 2.41. The highest BCUT2D eigenvalue weighted by molar-refractivity contribution is 6.10. The maximum Gasteiger partial charge on any atom is 0.256 e. The molecule has 7 rings (SSSR count). The third-order valence-electron chi connectivity index (χ3n) is 9.77. The minimum absolute atomic E-state index is 0.0258. The van der Waals surface area contributed by atoms with E-state index in [4.69, 9.17) is 0 Å². The second kappa shape index (κ2) is 11.8. The number of amides is 2. The van der Waals surface area contributed by atoms with Crippen LogP contribution in [0.3, 0.4) is 0 Å². The molecule has 2 amide bonds. The lowest BCUT2D eigenvalue weighted by molar-refractivity contribution is -0.138. The lowest BCUT2D eigenvalue weighted by atomic mass is 9.75. The number of ketones is 1. The summed E-state index contributed by atoms with van der Waals surface area (Å²) in [5, 5.41) is 4.31. The standard InChI is InChI=1S/C34H42FN5O3/c1-20(2)40(21(3)4)33(42)27-17-24(35)7-10-29(27)39-19-28(26-11-14-36-18-30(26)39)32(41)23-12-15-38(16-13-23)34(43)31-22-5-8-25(37-31)9-6-22/h7,10-11,14,17-23,25,31,37H,5-6,8-9,12-13,15-16H2,1-4H3/t22?,25?,31-/m0/s1. The summed E-state index contributed by atoms with van der Waals surface area (Å²) in [7, 11) is 0. The van der Waals surface area contributed by atoms with Crippen molar-refractivity contribution >= 4 is 28.5 Å². The van der Waals surface area contributed by atoms with E-state index in [9.17, 15) is 18.8 Å². The van der Waals surface area contributed by atoms with Crippen molar-refractivity contribution in [2.24, 2.45) is 11.8 Å². The number of hydrogen-bond donors (Lipinski definition) is 1. The Kier molecular flexibility index (Phi) is 8.11. The van der Waals surface area contributed by atoms with Gasteiger partial charge in [0.15, 0.2) is 5.78 Å². The number of rotatable bonds is 7. The molecule has 1 saturated carbocycles. The molecule has 0 radical (unpaired) electrons. The van der Waals surface area contributed by atoms with Crippen LogP contribution < -0.4 is 5.32 Å². The van der Waals surface area contributed by atoms with Gasteiger partial charge in [-0.1, -0.05) is 0 Å². The molecule has 1 atom stereocenters. The van der Waals surface area contributed by atoms with Gasteiger partial charge in [0, 0.05) is 60.5 Å². The van der Waals surface area contributed by atoms with E-state index < -0.39 is 5.82 Å². The quantitative estimate of drug-likeness (QED) is 0.376. The normalized spacial score (nSPS) is 22.5. The van der Waals surface area contributed by atoms with Crippen molar-refractivity contribution in [3.8, 4) is 5.69 Å². The van der Waals surface area contributed by atoms with Gasteiger partial charge < -0.3 is 19.7 Å². The van der Waals surface area contributed by atoms with Crippen LogP contribution in [0.25, 0.3) is 16.6 Å². The molecular weight excluding hydrogens is 545 g/mol. The Hall–Kier alpha value is -3.59. The molecule has 5 heterocycles. The largest absolute Gasteiger partial charge is 0.341 e. The van der Waals surface area contributed by atoms with Gasteiger partial charge in [0.1, 0.15) is 5.82 Å². The topological polar surface area (TPSA) is 87.5 Å². The summed E-state index contributed by atoms with van der Waals surface area (Å²) >= 11 is 0. The first-order chi connectivity index (χ1) is 20.6. The molecule has 4 aliphatic rings. The Morgan fingerprint density at radius 3 is 2.28 bits per heavy atom. The molecule has 9 heteroatoms. The van der Waals surface area contributed by atoms with Gasteiger partial charge in [-0.25, -0.2) is 4.39 Å². The number of pyridine rings is 1. The van der Waals surface area contributed by atoms with Gasteiger partial charge in [-0.3, -0.25) is 19.4 Å². The van der Waals surface area contributed by atoms with Crippen LogP contribution in [0.15, 0.2) is 42.9 Å². The second-order valence-corrected chi connectivity index (χ2v) is 13.1. The van der Waals surface area contributed by atoms with Gasteiger partial charge in [0.05, 0.1) is 29.0 Å². The van der Waals surface area contributed by atoms with Crippen LogP contribution >= 0.6 is 0 Å². The van der Waals surface area contributed by atoms with E-state index in [0.29, 0.717) is 54.7 Å². The summed E-state index contributed by atoms with van der Waals surface area (Å²) in [6.45, 7) is 8.91. The van der Waals surface area contributed by atoms with Gasteiger partial charge in [0.25, 0.3) is 5.91 Å². The van der Waals surface area contributed by atoms with Crippen LogP contribution in [0.4, 0.5) is 4.39 Å². The molecule has 1 aromatic carbocycles. The fourth-order valence-electron chi connectivity index (χ4n) is 7.62. The van der Waals surface area contributed by atoms with Gasteiger partial charge in [0.2, 0.25) is 5.91 Å². The molecule has 1 N–H and O–H groups in total. The molecule has 0 unspecified atom stereocenters. The zero-order valence-corrected chi connectivity index (χ0v) is 25.6. The molecule has 4 fully saturated rings. The Morgan fingerprint density at radius 2 is 1.65 bits per heavy atom. The number of carbonyl (C=O) groups is 3. The van der Waals surface area contributed by atoms with Crippen molar-refractivity contribution in [2.45, 2.75) is 90.4 Å². The van der Waals surface area contributed by atoms with Crippen LogP contribution in [-0.4, -0.2) is 74.2 Å². The molecule has 0 spiro atoms. The summed E-state index contributed by atoms with van der Waals surface area (Å²) in [5.41, 5.74) is 1.97. The molecule has 1 aliphatic carbocycles. The fraction of sp³-hybridized carbons (Fsp3) is 0.529. The highest BCUT2D eigenvalue weighted by Crippen LogP contribution is 2.35. The maximum atomic E-state index is 14.6. The van der Waals surface area contributed by atoms with Crippen LogP contribution in [0, 0.1) is 17.7 Å². The Morgan fingerprint density at radius 1 is 0.953 bits per heavy atom. The summed E-state index contributed by atoms with van der Waals surface area (Å²) in [6, 6.07) is 6.25. The third kappa shape index (κ3) is 5.48. The van der Waals surface area contributed by atoms with Crippen LogP contribution in [0.1, 0.15) is 86.9 Å². The maximum absolute atomic E-state index is 14.6. The van der Waals surface area contributed by atoms with E-state index in [2.05, 4.69) is 10.3 Å². The number of nitrogens with zero attached hydrogens (tertiary/aromatic N) is 4. The first-order valence-corrected chi connectivity index (χ1v) is 15.8. The predicted octanol–water partition coefficient (Wildman–Crippen LogP) is 5.38. The lowest BCUT2D eigenvalue weighted by Crippen LogP contribution is -2.60. The number of halogens is 1.